The van der Waals surface area contributed by atoms with Gasteiger partial charge in [0.15, 0.2) is 0 Å². The van der Waals surface area contributed by atoms with Crippen LogP contribution in [0.15, 0.2) is 48.0 Å². The van der Waals surface area contributed by atoms with Crippen LogP contribution in [0, 0.1) is 5.82 Å². The Morgan fingerprint density at radius 1 is 1.10 bits per heavy atom. The number of amides is 1. The van der Waals surface area contributed by atoms with E-state index in [1.165, 1.54) is 49.5 Å². The molecule has 0 bridgehead atoms. The van der Waals surface area contributed by atoms with Gasteiger partial charge in [-0.3, -0.25) is 9.59 Å². The van der Waals surface area contributed by atoms with E-state index < -0.39 is 23.5 Å². The van der Waals surface area contributed by atoms with Crippen molar-refractivity contribution in [3.05, 3.63) is 65.0 Å². The Balaban J connectivity index is 2.21. The molecule has 1 fully saturated rings. The summed E-state index contributed by atoms with van der Waals surface area (Å²) in [6, 6.07) is 9.45. The predicted octanol–water partition coefficient (Wildman–Crippen LogP) is 2.83. The van der Waals surface area contributed by atoms with E-state index in [0.29, 0.717) is 23.6 Å². The summed E-state index contributed by atoms with van der Waals surface area (Å²) in [6.07, 6.45) is 0. The van der Waals surface area contributed by atoms with Gasteiger partial charge in [0, 0.05) is 13.1 Å². The van der Waals surface area contributed by atoms with Crippen molar-refractivity contribution >= 4 is 17.4 Å². The Kier molecular flexibility index (Phi) is 6.60. The number of hydrogen-bond donors (Lipinski definition) is 1. The van der Waals surface area contributed by atoms with E-state index in [9.17, 15) is 19.1 Å². The van der Waals surface area contributed by atoms with Gasteiger partial charge in [0.25, 0.3) is 11.7 Å². The number of halogens is 1. The van der Waals surface area contributed by atoms with Gasteiger partial charge >= 0.3 is 0 Å². The lowest BCUT2D eigenvalue weighted by atomic mass is 9.95. The first kappa shape index (κ1) is 22.3. The second-order valence-electron chi connectivity index (χ2n) is 7.41. The number of aliphatic hydroxyl groups is 1. The fraction of sp³-hybridized carbons (Fsp3) is 0.304. The Morgan fingerprint density at radius 3 is 2.35 bits per heavy atom. The highest BCUT2D eigenvalue weighted by atomic mass is 19.1. The van der Waals surface area contributed by atoms with Gasteiger partial charge in [0.1, 0.15) is 23.1 Å². The number of ether oxygens (including phenoxy) is 2. The van der Waals surface area contributed by atoms with Crippen molar-refractivity contribution in [2.24, 2.45) is 0 Å². The van der Waals surface area contributed by atoms with Crippen LogP contribution in [0.5, 0.6) is 11.5 Å². The average Bonchev–Trinajstić information content (AvgIpc) is 3.01. The van der Waals surface area contributed by atoms with Crippen molar-refractivity contribution in [2.75, 3.05) is 41.4 Å². The number of carbonyl (C=O) groups is 2. The normalized spacial score (nSPS) is 18.0. The zero-order chi connectivity index (χ0) is 22.7. The summed E-state index contributed by atoms with van der Waals surface area (Å²) in [6.45, 7) is 0.763. The van der Waals surface area contributed by atoms with Gasteiger partial charge in [0.2, 0.25) is 0 Å². The quantitative estimate of drug-likeness (QED) is 0.415. The Hall–Kier alpha value is -3.39. The lowest BCUT2D eigenvalue weighted by molar-refractivity contribution is -0.140. The molecule has 0 aliphatic carbocycles. The molecule has 1 atom stereocenters. The first-order valence-electron chi connectivity index (χ1n) is 9.69. The van der Waals surface area contributed by atoms with Crippen molar-refractivity contribution in [3.63, 3.8) is 0 Å². The highest BCUT2D eigenvalue weighted by Gasteiger charge is 2.46. The van der Waals surface area contributed by atoms with Gasteiger partial charge in [-0.15, -0.1) is 0 Å². The summed E-state index contributed by atoms with van der Waals surface area (Å²) >= 11 is 0. The maximum atomic E-state index is 13.5. The number of likely N-dealkylation sites (N-methyl/N-ethyl adjacent to an activating group) is 1. The van der Waals surface area contributed by atoms with Crippen molar-refractivity contribution in [2.45, 2.75) is 6.04 Å². The Morgan fingerprint density at radius 2 is 1.77 bits per heavy atom. The van der Waals surface area contributed by atoms with E-state index in [-0.39, 0.29) is 23.4 Å². The number of Topliss-reactive ketones (excluding diaryl/α,β-unsaturated/α-hetero) is 1. The zero-order valence-corrected chi connectivity index (χ0v) is 17.9. The number of nitrogens with zero attached hydrogens (tertiary/aromatic N) is 2. The second-order valence-corrected chi connectivity index (χ2v) is 7.41. The molecule has 31 heavy (non-hydrogen) atoms. The minimum absolute atomic E-state index is 0.0816. The van der Waals surface area contributed by atoms with E-state index in [1.807, 2.05) is 19.0 Å². The van der Waals surface area contributed by atoms with E-state index in [0.717, 1.165) is 0 Å². The lowest BCUT2D eigenvalue weighted by Gasteiger charge is -2.26. The number of carbonyl (C=O) groups excluding carboxylic acids is 2. The summed E-state index contributed by atoms with van der Waals surface area (Å²) in [5.74, 6) is -1.59. The van der Waals surface area contributed by atoms with Crippen LogP contribution in [0.3, 0.4) is 0 Å². The number of methoxy groups -OCH3 is 2. The molecule has 1 saturated heterocycles. The molecule has 1 amide bonds. The van der Waals surface area contributed by atoms with Gasteiger partial charge in [-0.1, -0.05) is 12.1 Å². The zero-order valence-electron chi connectivity index (χ0n) is 17.9. The molecule has 2 aromatic carbocycles. The van der Waals surface area contributed by atoms with E-state index >= 15 is 0 Å². The number of hydrogen-bond acceptors (Lipinski definition) is 6. The molecule has 0 saturated carbocycles. The van der Waals surface area contributed by atoms with Gasteiger partial charge < -0.3 is 24.4 Å². The average molecular weight is 428 g/mol. The molecule has 1 N–H and O–H groups in total. The fourth-order valence-corrected chi connectivity index (χ4v) is 3.55. The summed E-state index contributed by atoms with van der Waals surface area (Å²) in [5.41, 5.74) is 0.657. The predicted molar refractivity (Wildman–Crippen MR) is 114 cm³/mol. The summed E-state index contributed by atoms with van der Waals surface area (Å²) in [4.78, 5) is 29.2. The molecule has 164 valence electrons. The van der Waals surface area contributed by atoms with Crippen LogP contribution in [0.25, 0.3) is 5.76 Å². The van der Waals surface area contributed by atoms with Crippen molar-refractivity contribution in [1.82, 2.24) is 9.80 Å². The topological polar surface area (TPSA) is 79.3 Å². The van der Waals surface area contributed by atoms with Crippen molar-refractivity contribution in [1.29, 1.82) is 0 Å². The molecule has 1 aliphatic rings. The van der Waals surface area contributed by atoms with Crippen molar-refractivity contribution < 1.29 is 28.6 Å². The molecule has 1 aliphatic heterocycles. The molecule has 8 heteroatoms. The third kappa shape index (κ3) is 4.39. The van der Waals surface area contributed by atoms with Crippen molar-refractivity contribution in [3.8, 4) is 11.5 Å². The number of benzene rings is 2. The first-order valence-corrected chi connectivity index (χ1v) is 9.69. The molecule has 3 rings (SSSR count). The van der Waals surface area contributed by atoms with Crippen LogP contribution in [0.2, 0.25) is 0 Å². The third-order valence-corrected chi connectivity index (χ3v) is 5.18. The van der Waals surface area contributed by atoms with Gasteiger partial charge in [-0.05, 0) is 50.0 Å². The molecule has 1 heterocycles. The van der Waals surface area contributed by atoms with Gasteiger partial charge in [-0.2, -0.15) is 0 Å². The Bertz CT molecular complexity index is 1020. The number of likely N-dealkylation sites (tertiary alicyclic amines) is 1. The highest BCUT2D eigenvalue weighted by Crippen LogP contribution is 2.41. The summed E-state index contributed by atoms with van der Waals surface area (Å²) < 4.78 is 24.1. The summed E-state index contributed by atoms with van der Waals surface area (Å²) in [7, 11) is 6.62. The number of ketones is 1. The lowest BCUT2D eigenvalue weighted by Crippen LogP contribution is -2.35. The second kappa shape index (κ2) is 9.18. The first-order chi connectivity index (χ1) is 14.8. The minimum atomic E-state index is -0.864. The molecule has 0 radical (unpaired) electrons. The van der Waals surface area contributed by atoms with Crippen LogP contribution < -0.4 is 9.47 Å². The van der Waals surface area contributed by atoms with Crippen LogP contribution in [-0.2, 0) is 9.59 Å². The smallest absolute Gasteiger partial charge is 0.295 e. The molecule has 1 unspecified atom stereocenters. The molecular weight excluding hydrogens is 403 g/mol. The maximum Gasteiger partial charge on any atom is 0.295 e. The molecule has 7 nitrogen and oxygen atoms in total. The van der Waals surface area contributed by atoms with Gasteiger partial charge in [-0.25, -0.2) is 4.39 Å². The number of aliphatic hydroxyl groups excluding tert-OH is 1. The molecule has 0 spiro atoms. The van der Waals surface area contributed by atoms with E-state index in [4.69, 9.17) is 9.47 Å². The third-order valence-electron chi connectivity index (χ3n) is 5.18. The van der Waals surface area contributed by atoms with Crippen LogP contribution in [-0.4, -0.2) is 68.0 Å². The number of rotatable bonds is 7. The molecule has 0 aromatic heterocycles. The highest BCUT2D eigenvalue weighted by molar-refractivity contribution is 6.46. The monoisotopic (exact) mass is 428 g/mol. The standard InChI is InChI=1S/C23H25FN2O5/c1-25(2)11-12-26-20(14-5-7-15(24)8-6-14)19(22(28)23(26)29)21(27)17-13-16(30-3)9-10-18(17)31-4/h5-10,13,20,27H,11-12H2,1-4H3/b21-19+. The molecule has 2 aromatic rings. The SMILES string of the molecule is COc1ccc(OC)c(/C(O)=C2\C(=O)C(=O)N(CCN(C)C)C2c2ccc(F)cc2)c1. The van der Waals surface area contributed by atoms with E-state index in [1.54, 1.807) is 12.1 Å². The molecular formula is C23H25FN2O5. The fourth-order valence-electron chi connectivity index (χ4n) is 3.55. The van der Waals surface area contributed by atoms with Crippen LogP contribution in [0.4, 0.5) is 4.39 Å². The maximum absolute atomic E-state index is 13.5. The summed E-state index contributed by atoms with van der Waals surface area (Å²) in [5, 5.41) is 11.2. The Labute approximate surface area is 180 Å². The minimum Gasteiger partial charge on any atom is -0.507 e. The largest absolute Gasteiger partial charge is 0.507 e. The van der Waals surface area contributed by atoms with E-state index in [2.05, 4.69) is 0 Å². The van der Waals surface area contributed by atoms with Gasteiger partial charge in [0.05, 0.1) is 31.4 Å². The van der Waals surface area contributed by atoms with Crippen LogP contribution in [0.1, 0.15) is 17.2 Å². The van der Waals surface area contributed by atoms with Crippen LogP contribution >= 0.6 is 0 Å².